The van der Waals surface area contributed by atoms with E-state index in [0.29, 0.717) is 22.4 Å². The molecule has 0 aromatic heterocycles. The highest BCUT2D eigenvalue weighted by Crippen LogP contribution is 2.36. The predicted molar refractivity (Wildman–Crippen MR) is 90.8 cm³/mol. The Bertz CT molecular complexity index is 813. The molecule has 0 saturated heterocycles. The third-order valence-electron chi connectivity index (χ3n) is 3.38. The van der Waals surface area contributed by atoms with Crippen LogP contribution in [0.15, 0.2) is 44.9 Å². The lowest BCUT2D eigenvalue weighted by Crippen LogP contribution is -2.19. The summed E-state index contributed by atoms with van der Waals surface area (Å²) in [6.45, 7) is 2.08. The molecule has 0 spiro atoms. The van der Waals surface area contributed by atoms with Crippen molar-refractivity contribution in [3.63, 3.8) is 0 Å². The van der Waals surface area contributed by atoms with Crippen LogP contribution in [0.25, 0.3) is 6.08 Å². The van der Waals surface area contributed by atoms with Crippen LogP contribution in [0.2, 0.25) is 0 Å². The summed E-state index contributed by atoms with van der Waals surface area (Å²) in [5.41, 5.74) is 2.60. The zero-order valence-corrected chi connectivity index (χ0v) is 14.8. The zero-order chi connectivity index (χ0) is 15.9. The molecule has 0 fully saturated rings. The number of rotatable bonds is 1. The normalized spacial score (nSPS) is 15.6. The van der Waals surface area contributed by atoms with Crippen LogP contribution >= 0.6 is 31.9 Å². The number of ether oxygens (including phenoxy) is 1. The fourth-order valence-corrected chi connectivity index (χ4v) is 3.40. The van der Waals surface area contributed by atoms with Crippen molar-refractivity contribution in [1.82, 2.24) is 0 Å². The molecule has 112 valence electrons. The van der Waals surface area contributed by atoms with E-state index in [2.05, 4.69) is 31.9 Å². The van der Waals surface area contributed by atoms with Gasteiger partial charge in [0.05, 0.1) is 10.0 Å². The molecule has 1 aliphatic rings. The molecule has 0 aliphatic carbocycles. The first kappa shape index (κ1) is 15.4. The Hall–Kier alpha value is -1.46. The average molecular weight is 426 g/mol. The Balaban J connectivity index is 2.06. The van der Waals surface area contributed by atoms with Gasteiger partial charge in [0, 0.05) is 10.0 Å². The van der Waals surface area contributed by atoms with Gasteiger partial charge in [0.15, 0.2) is 5.78 Å². The molecule has 22 heavy (non-hydrogen) atoms. The van der Waals surface area contributed by atoms with Crippen LogP contribution in [0.3, 0.4) is 0 Å². The number of aryl methyl sites for hydroxylation is 1. The van der Waals surface area contributed by atoms with E-state index < -0.39 is 0 Å². The second-order valence-corrected chi connectivity index (χ2v) is 6.79. The largest absolute Gasteiger partial charge is 0.487 e. The summed E-state index contributed by atoms with van der Waals surface area (Å²) >= 11 is 6.78. The summed E-state index contributed by atoms with van der Waals surface area (Å²) in [4.78, 5) is 12.6. The number of ketones is 1. The second-order valence-electron chi connectivity index (χ2n) is 5.08. The molecular formula is C17H11Br2FO2. The van der Waals surface area contributed by atoms with Gasteiger partial charge >= 0.3 is 0 Å². The van der Waals surface area contributed by atoms with Crippen molar-refractivity contribution in [2.45, 2.75) is 6.92 Å². The van der Waals surface area contributed by atoms with Gasteiger partial charge in [0.1, 0.15) is 18.2 Å². The maximum atomic E-state index is 13.4. The second kappa shape index (κ2) is 5.97. The van der Waals surface area contributed by atoms with E-state index in [-0.39, 0.29) is 18.2 Å². The summed E-state index contributed by atoms with van der Waals surface area (Å²) in [6, 6.07) is 8.07. The Morgan fingerprint density at radius 2 is 1.95 bits per heavy atom. The van der Waals surface area contributed by atoms with Gasteiger partial charge in [-0.25, -0.2) is 4.39 Å². The highest BCUT2D eigenvalue weighted by atomic mass is 79.9. The van der Waals surface area contributed by atoms with Gasteiger partial charge in [-0.2, -0.15) is 0 Å². The highest BCUT2D eigenvalue weighted by Gasteiger charge is 2.25. The van der Waals surface area contributed by atoms with Crippen molar-refractivity contribution >= 4 is 43.7 Å². The van der Waals surface area contributed by atoms with Crippen LogP contribution in [0, 0.1) is 12.7 Å². The third kappa shape index (κ3) is 2.88. The molecule has 0 N–H and O–H groups in total. The fourth-order valence-electron chi connectivity index (χ4n) is 2.35. The van der Waals surface area contributed by atoms with Gasteiger partial charge in [-0.1, -0.05) is 15.9 Å². The Kier molecular flexibility index (Phi) is 4.19. The van der Waals surface area contributed by atoms with Gasteiger partial charge in [-0.05, 0) is 70.4 Å². The number of carbonyl (C=O) groups is 1. The number of Topliss-reactive ketones (excluding diaryl/α,β-unsaturated/α-hetero) is 1. The zero-order valence-electron chi connectivity index (χ0n) is 11.6. The van der Waals surface area contributed by atoms with E-state index in [9.17, 15) is 9.18 Å². The summed E-state index contributed by atoms with van der Waals surface area (Å²) < 4.78 is 20.6. The molecule has 2 aromatic rings. The van der Waals surface area contributed by atoms with Crippen molar-refractivity contribution in [2.75, 3.05) is 6.61 Å². The number of fused-ring (bicyclic) bond motifs is 1. The molecule has 3 rings (SSSR count). The van der Waals surface area contributed by atoms with E-state index in [1.165, 1.54) is 12.1 Å². The van der Waals surface area contributed by atoms with Crippen molar-refractivity contribution in [3.05, 3.63) is 67.4 Å². The van der Waals surface area contributed by atoms with Crippen LogP contribution in [0.5, 0.6) is 5.75 Å². The molecule has 2 nitrogen and oxygen atoms in total. The van der Waals surface area contributed by atoms with Crippen molar-refractivity contribution in [3.8, 4) is 5.75 Å². The molecule has 0 bridgehead atoms. The summed E-state index contributed by atoms with van der Waals surface area (Å²) in [5, 5.41) is 0. The van der Waals surface area contributed by atoms with Gasteiger partial charge < -0.3 is 4.74 Å². The first-order chi connectivity index (χ1) is 10.5. The Morgan fingerprint density at radius 1 is 1.18 bits per heavy atom. The monoisotopic (exact) mass is 424 g/mol. The van der Waals surface area contributed by atoms with E-state index in [4.69, 9.17) is 4.74 Å². The van der Waals surface area contributed by atoms with Crippen LogP contribution in [0.4, 0.5) is 4.39 Å². The van der Waals surface area contributed by atoms with Crippen LogP contribution in [0.1, 0.15) is 21.5 Å². The number of benzene rings is 2. The van der Waals surface area contributed by atoms with Gasteiger partial charge in [0.25, 0.3) is 0 Å². The number of hydrogen-bond acceptors (Lipinski definition) is 2. The van der Waals surface area contributed by atoms with Crippen LogP contribution in [-0.4, -0.2) is 12.4 Å². The van der Waals surface area contributed by atoms with E-state index in [1.54, 1.807) is 18.2 Å². The van der Waals surface area contributed by atoms with Gasteiger partial charge in [-0.15, -0.1) is 0 Å². The fraction of sp³-hybridized carbons (Fsp3) is 0.118. The third-order valence-corrected chi connectivity index (χ3v) is 4.70. The van der Waals surface area contributed by atoms with Crippen molar-refractivity contribution in [1.29, 1.82) is 0 Å². The lowest BCUT2D eigenvalue weighted by molar-refractivity contribution is 0.100. The molecule has 1 aliphatic heterocycles. The highest BCUT2D eigenvalue weighted by molar-refractivity contribution is 9.10. The first-order valence-corrected chi connectivity index (χ1v) is 8.17. The molecule has 0 atom stereocenters. The summed E-state index contributed by atoms with van der Waals surface area (Å²) in [5.74, 6) is 0.117. The molecule has 5 heteroatoms. The minimum Gasteiger partial charge on any atom is -0.487 e. The van der Waals surface area contributed by atoms with Crippen LogP contribution in [-0.2, 0) is 0 Å². The molecule has 2 aromatic carbocycles. The van der Waals surface area contributed by atoms with Crippen molar-refractivity contribution < 1.29 is 13.9 Å². The van der Waals surface area contributed by atoms with Gasteiger partial charge in [0.2, 0.25) is 0 Å². The SMILES string of the molecule is Cc1cc(Br)c2c(c1)C(=O)C(=Cc1cc(F)ccc1Br)CO2. The Morgan fingerprint density at radius 3 is 2.73 bits per heavy atom. The molecule has 0 radical (unpaired) electrons. The molecule has 0 amide bonds. The van der Waals surface area contributed by atoms with Gasteiger partial charge in [-0.3, -0.25) is 4.79 Å². The number of halogens is 3. The minimum absolute atomic E-state index is 0.0955. The predicted octanol–water partition coefficient (Wildman–Crippen LogP) is 5.32. The van der Waals surface area contributed by atoms with E-state index >= 15 is 0 Å². The molecular weight excluding hydrogens is 415 g/mol. The maximum absolute atomic E-state index is 13.4. The lowest BCUT2D eigenvalue weighted by Gasteiger charge is -2.20. The van der Waals surface area contributed by atoms with Crippen molar-refractivity contribution in [2.24, 2.45) is 0 Å². The minimum atomic E-state index is -0.349. The van der Waals surface area contributed by atoms with Crippen LogP contribution < -0.4 is 4.74 Å². The lowest BCUT2D eigenvalue weighted by atomic mass is 9.97. The Labute approximate surface area is 144 Å². The molecule has 0 unspecified atom stereocenters. The standard InChI is InChI=1S/C17H11Br2FO2/c1-9-4-13-16(21)11(8-22-17(13)15(19)5-9)6-10-7-12(20)2-3-14(10)18/h2-7H,8H2,1H3. The smallest absolute Gasteiger partial charge is 0.196 e. The number of hydrogen-bond donors (Lipinski definition) is 0. The topological polar surface area (TPSA) is 26.3 Å². The van der Waals surface area contributed by atoms with E-state index in [0.717, 1.165) is 14.5 Å². The van der Waals surface area contributed by atoms with E-state index in [1.807, 2.05) is 13.0 Å². The quantitative estimate of drug-likeness (QED) is 0.578. The number of carbonyl (C=O) groups excluding carboxylic acids is 1. The molecule has 0 saturated carbocycles. The average Bonchev–Trinajstić information content (AvgIpc) is 2.46. The molecule has 1 heterocycles. The maximum Gasteiger partial charge on any atom is 0.196 e. The summed E-state index contributed by atoms with van der Waals surface area (Å²) in [6.07, 6.45) is 1.66. The summed E-state index contributed by atoms with van der Waals surface area (Å²) in [7, 11) is 0. The first-order valence-electron chi connectivity index (χ1n) is 6.59.